The summed E-state index contributed by atoms with van der Waals surface area (Å²) in [7, 11) is 0. The molecule has 0 aliphatic heterocycles. The predicted molar refractivity (Wildman–Crippen MR) is 113 cm³/mol. The van der Waals surface area contributed by atoms with E-state index in [0.29, 0.717) is 23.9 Å². The van der Waals surface area contributed by atoms with Crippen molar-refractivity contribution in [3.8, 4) is 11.4 Å². The molecule has 7 heteroatoms. The van der Waals surface area contributed by atoms with Gasteiger partial charge in [0.05, 0.1) is 19.3 Å². The molecule has 1 heterocycles. The van der Waals surface area contributed by atoms with E-state index in [-0.39, 0.29) is 6.61 Å². The first-order valence-corrected chi connectivity index (χ1v) is 10.3. The summed E-state index contributed by atoms with van der Waals surface area (Å²) >= 11 is 7.32. The van der Waals surface area contributed by atoms with Crippen molar-refractivity contribution in [2.24, 2.45) is 0 Å². The van der Waals surface area contributed by atoms with Gasteiger partial charge in [-0.1, -0.05) is 71.9 Å². The van der Waals surface area contributed by atoms with Crippen LogP contribution in [0.2, 0.25) is 5.02 Å². The molecule has 0 aliphatic carbocycles. The van der Waals surface area contributed by atoms with Crippen LogP contribution >= 0.6 is 23.4 Å². The predicted octanol–water partition coefficient (Wildman–Crippen LogP) is 4.45. The van der Waals surface area contributed by atoms with E-state index in [9.17, 15) is 5.11 Å². The number of ether oxygens (including phenoxy) is 1. The largest absolute Gasteiger partial charge is 0.390 e. The monoisotopic (exact) mass is 415 g/mol. The van der Waals surface area contributed by atoms with Gasteiger partial charge in [0.2, 0.25) is 0 Å². The zero-order valence-electron chi connectivity index (χ0n) is 15.4. The van der Waals surface area contributed by atoms with Gasteiger partial charge in [-0.15, -0.1) is 16.8 Å². The molecule has 2 aromatic carbocycles. The first-order valence-electron chi connectivity index (χ1n) is 8.90. The summed E-state index contributed by atoms with van der Waals surface area (Å²) in [5.74, 6) is 1.25. The number of aliphatic hydroxyl groups excluding tert-OH is 1. The molecule has 1 N–H and O–H groups in total. The Bertz CT molecular complexity index is 884. The molecule has 1 atom stereocenters. The van der Waals surface area contributed by atoms with E-state index in [1.165, 1.54) is 11.8 Å². The van der Waals surface area contributed by atoms with Crippen LogP contribution in [0.4, 0.5) is 0 Å². The van der Waals surface area contributed by atoms with E-state index < -0.39 is 6.10 Å². The molecular formula is C21H22ClN3O2S. The minimum atomic E-state index is -0.605. The molecule has 146 valence electrons. The number of thioether (sulfide) groups is 1. The Morgan fingerprint density at radius 2 is 1.89 bits per heavy atom. The second-order valence-corrected chi connectivity index (χ2v) is 7.60. The molecule has 1 unspecified atom stereocenters. The number of aromatic nitrogens is 3. The lowest BCUT2D eigenvalue weighted by Gasteiger charge is -2.12. The molecule has 0 radical (unpaired) electrons. The SMILES string of the molecule is C=CCn1c(SCC(O)COCc2ccc(Cl)cc2)nnc1-c1ccccc1. The van der Waals surface area contributed by atoms with Gasteiger partial charge in [-0.3, -0.25) is 4.57 Å². The second kappa shape index (κ2) is 10.4. The molecule has 0 spiro atoms. The minimum Gasteiger partial charge on any atom is -0.390 e. The van der Waals surface area contributed by atoms with Crippen LogP contribution in [0, 0.1) is 0 Å². The van der Waals surface area contributed by atoms with Crippen LogP contribution in [0.5, 0.6) is 0 Å². The minimum absolute atomic E-state index is 0.247. The summed E-state index contributed by atoms with van der Waals surface area (Å²) in [5, 5.41) is 20.3. The third-order valence-electron chi connectivity index (χ3n) is 3.96. The smallest absolute Gasteiger partial charge is 0.191 e. The van der Waals surface area contributed by atoms with Crippen molar-refractivity contribution < 1.29 is 9.84 Å². The number of benzene rings is 2. The van der Waals surface area contributed by atoms with Crippen molar-refractivity contribution in [2.75, 3.05) is 12.4 Å². The van der Waals surface area contributed by atoms with Crippen LogP contribution in [0.1, 0.15) is 5.56 Å². The lowest BCUT2D eigenvalue weighted by atomic mass is 10.2. The van der Waals surface area contributed by atoms with E-state index in [1.807, 2.05) is 65.2 Å². The van der Waals surface area contributed by atoms with Gasteiger partial charge in [-0.05, 0) is 17.7 Å². The Morgan fingerprint density at radius 3 is 2.61 bits per heavy atom. The number of nitrogens with zero attached hydrogens (tertiary/aromatic N) is 3. The van der Waals surface area contributed by atoms with E-state index in [2.05, 4.69) is 16.8 Å². The fraction of sp³-hybridized carbons (Fsp3) is 0.238. The summed E-state index contributed by atoms with van der Waals surface area (Å²) in [5.41, 5.74) is 2.01. The van der Waals surface area contributed by atoms with E-state index in [4.69, 9.17) is 16.3 Å². The van der Waals surface area contributed by atoms with Gasteiger partial charge in [0, 0.05) is 22.9 Å². The first-order chi connectivity index (χ1) is 13.7. The van der Waals surface area contributed by atoms with E-state index >= 15 is 0 Å². The van der Waals surface area contributed by atoms with Crippen LogP contribution in [-0.4, -0.2) is 38.3 Å². The summed E-state index contributed by atoms with van der Waals surface area (Å²) in [6.07, 6.45) is 1.21. The summed E-state index contributed by atoms with van der Waals surface area (Å²) in [4.78, 5) is 0. The molecule has 5 nitrogen and oxygen atoms in total. The highest BCUT2D eigenvalue weighted by molar-refractivity contribution is 7.99. The van der Waals surface area contributed by atoms with Crippen LogP contribution in [0.3, 0.4) is 0 Å². The normalized spacial score (nSPS) is 12.1. The fourth-order valence-corrected chi connectivity index (χ4v) is 3.58. The Morgan fingerprint density at radius 1 is 1.14 bits per heavy atom. The second-order valence-electron chi connectivity index (χ2n) is 6.18. The number of hydrogen-bond acceptors (Lipinski definition) is 5. The Hall–Kier alpha value is -2.12. The van der Waals surface area contributed by atoms with Gasteiger partial charge in [-0.25, -0.2) is 0 Å². The number of halogens is 1. The quantitative estimate of drug-likeness (QED) is 0.391. The zero-order chi connectivity index (χ0) is 19.8. The molecule has 3 rings (SSSR count). The van der Waals surface area contributed by atoms with Crippen LogP contribution in [0.25, 0.3) is 11.4 Å². The van der Waals surface area contributed by atoms with Crippen molar-refractivity contribution in [1.82, 2.24) is 14.8 Å². The molecule has 0 saturated heterocycles. The maximum atomic E-state index is 10.2. The number of aliphatic hydroxyl groups is 1. The zero-order valence-corrected chi connectivity index (χ0v) is 16.9. The topological polar surface area (TPSA) is 60.2 Å². The fourth-order valence-electron chi connectivity index (χ4n) is 2.60. The maximum Gasteiger partial charge on any atom is 0.191 e. The van der Waals surface area contributed by atoms with Crippen LogP contribution in [0.15, 0.2) is 72.4 Å². The highest BCUT2D eigenvalue weighted by Gasteiger charge is 2.15. The molecule has 3 aromatic rings. The molecule has 28 heavy (non-hydrogen) atoms. The average Bonchev–Trinajstić information content (AvgIpc) is 3.11. The van der Waals surface area contributed by atoms with Crippen LogP contribution in [-0.2, 0) is 17.9 Å². The van der Waals surface area contributed by atoms with Gasteiger partial charge >= 0.3 is 0 Å². The van der Waals surface area contributed by atoms with Crippen molar-refractivity contribution in [3.05, 3.63) is 77.8 Å². The van der Waals surface area contributed by atoms with E-state index in [0.717, 1.165) is 22.1 Å². The van der Waals surface area contributed by atoms with Crippen molar-refractivity contribution >= 4 is 23.4 Å². The molecule has 0 aliphatic rings. The first kappa shape index (κ1) is 20.6. The van der Waals surface area contributed by atoms with Gasteiger partial charge in [0.15, 0.2) is 11.0 Å². The lowest BCUT2D eigenvalue weighted by Crippen LogP contribution is -2.18. The Kier molecular flexibility index (Phi) is 7.68. The van der Waals surface area contributed by atoms with Gasteiger partial charge in [0.25, 0.3) is 0 Å². The third-order valence-corrected chi connectivity index (χ3v) is 5.32. The highest BCUT2D eigenvalue weighted by atomic mass is 35.5. The highest BCUT2D eigenvalue weighted by Crippen LogP contribution is 2.24. The molecule has 1 aromatic heterocycles. The Balaban J connectivity index is 1.54. The van der Waals surface area contributed by atoms with Crippen molar-refractivity contribution in [1.29, 1.82) is 0 Å². The molecule has 0 amide bonds. The third kappa shape index (κ3) is 5.69. The summed E-state index contributed by atoms with van der Waals surface area (Å²) < 4.78 is 7.59. The van der Waals surface area contributed by atoms with Crippen LogP contribution < -0.4 is 0 Å². The Labute approximate surface area is 174 Å². The summed E-state index contributed by atoms with van der Waals surface area (Å²) in [6, 6.07) is 17.4. The average molecular weight is 416 g/mol. The van der Waals surface area contributed by atoms with Gasteiger partial charge in [0.1, 0.15) is 0 Å². The van der Waals surface area contributed by atoms with E-state index in [1.54, 1.807) is 0 Å². The number of hydrogen-bond donors (Lipinski definition) is 1. The van der Waals surface area contributed by atoms with Gasteiger partial charge in [-0.2, -0.15) is 0 Å². The van der Waals surface area contributed by atoms with Gasteiger partial charge < -0.3 is 9.84 Å². The number of allylic oxidation sites excluding steroid dienone is 1. The molecule has 0 saturated carbocycles. The lowest BCUT2D eigenvalue weighted by molar-refractivity contribution is 0.0397. The molecule has 0 bridgehead atoms. The number of rotatable bonds is 10. The standard InChI is InChI=1S/C21H22ClN3O2S/c1-2-12-25-20(17-6-4-3-5-7-17)23-24-21(25)28-15-19(26)14-27-13-16-8-10-18(22)11-9-16/h2-11,19,26H,1,12-15H2. The summed E-state index contributed by atoms with van der Waals surface area (Å²) in [6.45, 7) is 5.10. The molecular weight excluding hydrogens is 394 g/mol. The van der Waals surface area contributed by atoms with Crippen molar-refractivity contribution in [2.45, 2.75) is 24.4 Å². The molecule has 0 fully saturated rings. The maximum absolute atomic E-state index is 10.2. The van der Waals surface area contributed by atoms with Crippen molar-refractivity contribution in [3.63, 3.8) is 0 Å².